The van der Waals surface area contributed by atoms with Crippen molar-refractivity contribution in [2.75, 3.05) is 20.2 Å². The van der Waals surface area contributed by atoms with Gasteiger partial charge >= 0.3 is 5.97 Å². The highest BCUT2D eigenvalue weighted by Gasteiger charge is 2.33. The van der Waals surface area contributed by atoms with Crippen molar-refractivity contribution in [2.24, 2.45) is 7.05 Å². The predicted octanol–water partition coefficient (Wildman–Crippen LogP) is 1.11. The van der Waals surface area contributed by atoms with Crippen molar-refractivity contribution in [2.45, 2.75) is 6.42 Å². The molecule has 1 fully saturated rings. The second kappa shape index (κ2) is 6.76. The van der Waals surface area contributed by atoms with Gasteiger partial charge in [-0.15, -0.1) is 0 Å². The second-order valence-electron chi connectivity index (χ2n) is 5.64. The Morgan fingerprint density at radius 2 is 1.80 bits per heavy atom. The summed E-state index contributed by atoms with van der Waals surface area (Å²) < 4.78 is 6.32. The number of nitrogens with zero attached hydrogens (tertiary/aromatic N) is 4. The summed E-state index contributed by atoms with van der Waals surface area (Å²) in [6.07, 6.45) is 3.77. The van der Waals surface area contributed by atoms with Crippen LogP contribution in [0.3, 0.4) is 0 Å². The van der Waals surface area contributed by atoms with E-state index in [2.05, 4.69) is 9.72 Å². The van der Waals surface area contributed by atoms with E-state index >= 15 is 0 Å². The van der Waals surface area contributed by atoms with Crippen LogP contribution in [0, 0.1) is 0 Å². The Balaban J connectivity index is 1.80. The Morgan fingerprint density at radius 1 is 1.08 bits per heavy atom. The number of carbonyl (C=O) groups is 3. The van der Waals surface area contributed by atoms with E-state index in [1.54, 1.807) is 29.9 Å². The molecule has 1 aliphatic heterocycles. The lowest BCUT2D eigenvalue weighted by Crippen LogP contribution is -2.45. The van der Waals surface area contributed by atoms with Gasteiger partial charge in [0.2, 0.25) is 0 Å². The Hall–Kier alpha value is -3.16. The highest BCUT2D eigenvalue weighted by atomic mass is 16.5. The third-order valence-corrected chi connectivity index (χ3v) is 4.07. The van der Waals surface area contributed by atoms with Gasteiger partial charge in [-0.05, 0) is 30.7 Å². The largest absolute Gasteiger partial charge is 0.465 e. The Labute approximate surface area is 144 Å². The number of ether oxygens (including phenoxy) is 1. The molecule has 1 saturated heterocycles. The summed E-state index contributed by atoms with van der Waals surface area (Å²) in [5.41, 5.74) is 0.935. The van der Waals surface area contributed by atoms with Crippen molar-refractivity contribution < 1.29 is 19.1 Å². The molecule has 3 rings (SSSR count). The van der Waals surface area contributed by atoms with E-state index in [1.165, 1.54) is 35.5 Å². The smallest absolute Gasteiger partial charge is 0.339 e. The van der Waals surface area contributed by atoms with Gasteiger partial charge in [-0.1, -0.05) is 0 Å². The van der Waals surface area contributed by atoms with E-state index in [0.29, 0.717) is 25.2 Å². The zero-order chi connectivity index (χ0) is 18.0. The van der Waals surface area contributed by atoms with Gasteiger partial charge in [-0.3, -0.25) is 14.6 Å². The van der Waals surface area contributed by atoms with Gasteiger partial charge in [-0.25, -0.2) is 14.8 Å². The highest BCUT2D eigenvalue weighted by molar-refractivity contribution is 5.98. The summed E-state index contributed by atoms with van der Waals surface area (Å²) in [4.78, 5) is 40.9. The van der Waals surface area contributed by atoms with Crippen molar-refractivity contribution >= 4 is 17.8 Å². The fourth-order valence-corrected chi connectivity index (χ4v) is 2.74. The molecule has 0 aliphatic carbocycles. The summed E-state index contributed by atoms with van der Waals surface area (Å²) in [6, 6.07) is 6.43. The van der Waals surface area contributed by atoms with Crippen LogP contribution in [0.15, 0.2) is 36.7 Å². The van der Waals surface area contributed by atoms with Crippen LogP contribution in [0.4, 0.5) is 0 Å². The van der Waals surface area contributed by atoms with E-state index < -0.39 is 5.97 Å². The summed E-state index contributed by atoms with van der Waals surface area (Å²) >= 11 is 0. The van der Waals surface area contributed by atoms with Gasteiger partial charge in [0.25, 0.3) is 11.8 Å². The summed E-state index contributed by atoms with van der Waals surface area (Å²) in [6.45, 7) is 0.908. The van der Waals surface area contributed by atoms with Gasteiger partial charge in [0.15, 0.2) is 0 Å². The normalized spacial score (nSPS) is 13.8. The van der Waals surface area contributed by atoms with Crippen LogP contribution in [0.5, 0.6) is 0 Å². The predicted molar refractivity (Wildman–Crippen MR) is 87.7 cm³/mol. The SMILES string of the molecule is COC(=O)c1ccc(C(=O)N2CCCN2C(=O)c2cccn2C)nc1. The molecule has 0 saturated carbocycles. The first-order chi connectivity index (χ1) is 12.0. The number of hydrazine groups is 1. The monoisotopic (exact) mass is 342 g/mol. The first kappa shape index (κ1) is 16.7. The van der Waals surface area contributed by atoms with Crippen molar-refractivity contribution in [1.82, 2.24) is 19.6 Å². The Kier molecular flexibility index (Phi) is 4.51. The Morgan fingerprint density at radius 3 is 2.36 bits per heavy atom. The average molecular weight is 342 g/mol. The number of methoxy groups -OCH3 is 1. The van der Waals surface area contributed by atoms with Crippen molar-refractivity contribution in [3.63, 3.8) is 0 Å². The van der Waals surface area contributed by atoms with Crippen molar-refractivity contribution in [3.05, 3.63) is 53.6 Å². The summed E-state index contributed by atoms with van der Waals surface area (Å²) in [7, 11) is 3.06. The van der Waals surface area contributed by atoms with Gasteiger partial charge in [0.1, 0.15) is 11.4 Å². The number of aryl methyl sites for hydroxylation is 1. The molecule has 25 heavy (non-hydrogen) atoms. The van der Waals surface area contributed by atoms with Gasteiger partial charge in [-0.2, -0.15) is 0 Å². The second-order valence-corrected chi connectivity index (χ2v) is 5.64. The molecule has 0 radical (unpaired) electrons. The van der Waals surface area contributed by atoms with E-state index in [9.17, 15) is 14.4 Å². The molecule has 130 valence electrons. The maximum Gasteiger partial charge on any atom is 0.339 e. The topological polar surface area (TPSA) is 84.7 Å². The minimum absolute atomic E-state index is 0.166. The van der Waals surface area contributed by atoms with Crippen LogP contribution < -0.4 is 0 Å². The number of rotatable bonds is 3. The third-order valence-electron chi connectivity index (χ3n) is 4.07. The first-order valence-corrected chi connectivity index (χ1v) is 7.82. The molecule has 2 aromatic rings. The molecule has 0 spiro atoms. The van der Waals surface area contributed by atoms with E-state index in [0.717, 1.165) is 0 Å². The molecular formula is C17H18N4O4. The van der Waals surface area contributed by atoms with Crippen molar-refractivity contribution in [3.8, 4) is 0 Å². The fraction of sp³-hybridized carbons (Fsp3) is 0.294. The number of pyridine rings is 1. The van der Waals surface area contributed by atoms with E-state index in [-0.39, 0.29) is 23.1 Å². The number of esters is 1. The molecule has 3 heterocycles. The molecule has 8 nitrogen and oxygen atoms in total. The lowest BCUT2D eigenvalue weighted by atomic mass is 10.2. The van der Waals surface area contributed by atoms with Crippen LogP contribution in [0.1, 0.15) is 37.8 Å². The first-order valence-electron chi connectivity index (χ1n) is 7.82. The molecule has 2 aromatic heterocycles. The van der Waals surface area contributed by atoms with E-state index in [4.69, 9.17) is 0 Å². The van der Waals surface area contributed by atoms with Gasteiger partial charge in [0.05, 0.1) is 12.7 Å². The van der Waals surface area contributed by atoms with Crippen LogP contribution in [-0.4, -0.2) is 57.6 Å². The molecule has 0 N–H and O–H groups in total. The van der Waals surface area contributed by atoms with Crippen LogP contribution in [0.25, 0.3) is 0 Å². The minimum atomic E-state index is -0.520. The average Bonchev–Trinajstić information content (AvgIpc) is 3.29. The standard InChI is InChI=1S/C17H18N4O4/c1-19-8-3-5-14(19)16(23)21-10-4-9-20(21)15(22)13-7-6-12(11-18-13)17(24)25-2/h3,5-8,11H,4,9-10H2,1-2H3. The van der Waals surface area contributed by atoms with Gasteiger partial charge in [0, 0.05) is 32.5 Å². The quantitative estimate of drug-likeness (QED) is 0.780. The highest BCUT2D eigenvalue weighted by Crippen LogP contribution is 2.18. The molecule has 8 heteroatoms. The summed E-state index contributed by atoms with van der Waals surface area (Å²) in [5.74, 6) is -1.13. The number of hydrogen-bond donors (Lipinski definition) is 0. The van der Waals surface area contributed by atoms with Gasteiger partial charge < -0.3 is 9.30 Å². The zero-order valence-corrected chi connectivity index (χ0v) is 14.0. The maximum atomic E-state index is 12.7. The Bertz CT molecular complexity index is 812. The third kappa shape index (κ3) is 3.10. The molecule has 1 aliphatic rings. The molecular weight excluding hydrogens is 324 g/mol. The molecule has 0 unspecified atom stereocenters. The number of carbonyl (C=O) groups excluding carboxylic acids is 3. The van der Waals surface area contributed by atoms with Crippen LogP contribution in [0.2, 0.25) is 0 Å². The fourth-order valence-electron chi connectivity index (χ4n) is 2.74. The van der Waals surface area contributed by atoms with Crippen LogP contribution in [-0.2, 0) is 11.8 Å². The van der Waals surface area contributed by atoms with E-state index in [1.807, 2.05) is 0 Å². The minimum Gasteiger partial charge on any atom is -0.465 e. The van der Waals surface area contributed by atoms with Crippen molar-refractivity contribution in [1.29, 1.82) is 0 Å². The lowest BCUT2D eigenvalue weighted by Gasteiger charge is -2.27. The lowest BCUT2D eigenvalue weighted by molar-refractivity contribution is 0.0176. The zero-order valence-electron chi connectivity index (χ0n) is 14.0. The summed E-state index contributed by atoms with van der Waals surface area (Å²) in [5, 5.41) is 2.84. The maximum absolute atomic E-state index is 12.7. The number of aromatic nitrogens is 2. The molecule has 0 bridgehead atoms. The molecule has 0 aromatic carbocycles. The number of amides is 2. The molecule has 2 amide bonds. The number of hydrogen-bond acceptors (Lipinski definition) is 5. The van der Waals surface area contributed by atoms with Crippen LogP contribution >= 0.6 is 0 Å². The molecule has 0 atom stereocenters.